The zero-order chi connectivity index (χ0) is 29.6. The van der Waals surface area contributed by atoms with Gasteiger partial charge in [0.1, 0.15) is 11.6 Å². The zero-order valence-electron chi connectivity index (χ0n) is 19.7. The average molecular weight is 572 g/mol. The maximum absolute atomic E-state index is 13.8. The molecule has 0 aliphatic carbocycles. The Kier molecular flexibility index (Phi) is 10.0. The van der Waals surface area contributed by atoms with Crippen LogP contribution in [0.1, 0.15) is 28.3 Å². The second-order valence-electron chi connectivity index (χ2n) is 8.14. The lowest BCUT2D eigenvalue weighted by molar-refractivity contribution is -0.274. The van der Waals surface area contributed by atoms with E-state index < -0.39 is 65.6 Å². The molecule has 1 N–H and O–H groups in total. The van der Waals surface area contributed by atoms with E-state index in [-0.39, 0.29) is 11.8 Å². The molecule has 39 heavy (non-hydrogen) atoms. The van der Waals surface area contributed by atoms with Crippen LogP contribution in [0.2, 0.25) is 0 Å². The lowest BCUT2D eigenvalue weighted by atomic mass is 9.93. The molecule has 212 valence electrons. The van der Waals surface area contributed by atoms with Crippen molar-refractivity contribution < 1.29 is 53.1 Å². The first-order valence-corrected chi connectivity index (χ1v) is 10.8. The molecule has 0 saturated carbocycles. The highest BCUT2D eigenvalue weighted by Crippen LogP contribution is 2.39. The van der Waals surface area contributed by atoms with Gasteiger partial charge in [-0.3, -0.25) is 9.78 Å². The van der Waals surface area contributed by atoms with Gasteiger partial charge in [-0.1, -0.05) is 35.9 Å². The molecule has 0 saturated heterocycles. The van der Waals surface area contributed by atoms with Gasteiger partial charge in [-0.25, -0.2) is 8.78 Å². The summed E-state index contributed by atoms with van der Waals surface area (Å²) in [7, 11) is 0. The predicted octanol–water partition coefficient (Wildman–Crippen LogP) is 7.36. The van der Waals surface area contributed by atoms with Crippen LogP contribution in [-0.4, -0.2) is 29.8 Å². The quantitative estimate of drug-likeness (QED) is 0.325. The average Bonchev–Trinajstić information content (AvgIpc) is 2.78. The lowest BCUT2D eigenvalue weighted by Crippen LogP contribution is -2.48. The Morgan fingerprint density at radius 2 is 1.41 bits per heavy atom. The van der Waals surface area contributed by atoms with Gasteiger partial charge in [-0.05, 0) is 42.8 Å². The number of amides is 1. The zero-order valence-corrected chi connectivity index (χ0v) is 19.7. The molecule has 3 rings (SSSR count). The Balaban J connectivity index is 0.000000658. The number of carbonyl (C=O) groups excluding carboxylic acids is 1. The van der Waals surface area contributed by atoms with Crippen LogP contribution in [0.4, 0.5) is 48.3 Å². The van der Waals surface area contributed by atoms with Crippen molar-refractivity contribution in [2.45, 2.75) is 31.4 Å². The SMILES string of the molecule is Cc1ccccc1.O=C(NC[C@@H](c1cc(F)cc(C(F)(F)F)c1)c1ccc(F)cn1)C(C(F)(F)F)C(F)(F)F. The molecule has 1 amide bonds. The molecule has 1 heterocycles. The number of nitrogens with zero attached hydrogens (tertiary/aromatic N) is 1. The first kappa shape index (κ1) is 31.5. The Morgan fingerprint density at radius 1 is 0.821 bits per heavy atom. The van der Waals surface area contributed by atoms with Crippen molar-refractivity contribution in [3.8, 4) is 0 Å². The van der Waals surface area contributed by atoms with Gasteiger partial charge in [0.25, 0.3) is 0 Å². The van der Waals surface area contributed by atoms with E-state index in [1.807, 2.05) is 18.2 Å². The van der Waals surface area contributed by atoms with E-state index in [0.29, 0.717) is 18.3 Å². The summed E-state index contributed by atoms with van der Waals surface area (Å²) < 4.78 is 142. The smallest absolute Gasteiger partial charge is 0.354 e. The van der Waals surface area contributed by atoms with Crippen molar-refractivity contribution in [2.24, 2.45) is 5.92 Å². The Bertz CT molecular complexity index is 1210. The second kappa shape index (κ2) is 12.4. The number of alkyl halides is 9. The van der Waals surface area contributed by atoms with E-state index in [1.165, 1.54) is 10.9 Å². The Labute approximate surface area is 214 Å². The molecule has 0 fully saturated rings. The minimum absolute atomic E-state index is 0.112. The fourth-order valence-corrected chi connectivity index (χ4v) is 3.29. The minimum atomic E-state index is -6.01. The summed E-state index contributed by atoms with van der Waals surface area (Å²) in [6.45, 7) is 0.959. The number of hydrogen-bond donors (Lipinski definition) is 1. The highest BCUT2D eigenvalue weighted by Gasteiger charge is 2.61. The summed E-state index contributed by atoms with van der Waals surface area (Å²) in [6.07, 6.45) is -16.5. The lowest BCUT2D eigenvalue weighted by Gasteiger charge is -2.24. The monoisotopic (exact) mass is 572 g/mol. The molecule has 2 aromatic carbocycles. The molecular formula is C25H19F11N2O. The molecule has 0 aliphatic rings. The van der Waals surface area contributed by atoms with Gasteiger partial charge in [0.15, 0.2) is 0 Å². The van der Waals surface area contributed by atoms with Crippen LogP contribution in [0.5, 0.6) is 0 Å². The van der Waals surface area contributed by atoms with Crippen LogP contribution < -0.4 is 5.32 Å². The third kappa shape index (κ3) is 9.52. The molecule has 0 spiro atoms. The maximum atomic E-state index is 13.8. The van der Waals surface area contributed by atoms with Crippen LogP contribution in [0.15, 0.2) is 66.9 Å². The van der Waals surface area contributed by atoms with Gasteiger partial charge < -0.3 is 5.32 Å². The van der Waals surface area contributed by atoms with Crippen molar-refractivity contribution in [1.29, 1.82) is 0 Å². The van der Waals surface area contributed by atoms with Crippen LogP contribution in [0, 0.1) is 24.5 Å². The molecule has 1 atom stereocenters. The van der Waals surface area contributed by atoms with Crippen molar-refractivity contribution >= 4 is 5.91 Å². The molecular weight excluding hydrogens is 553 g/mol. The van der Waals surface area contributed by atoms with Crippen molar-refractivity contribution in [1.82, 2.24) is 10.3 Å². The van der Waals surface area contributed by atoms with Gasteiger partial charge in [0, 0.05) is 18.2 Å². The normalized spacial score (nSPS) is 12.9. The van der Waals surface area contributed by atoms with E-state index >= 15 is 0 Å². The number of benzene rings is 2. The van der Waals surface area contributed by atoms with Gasteiger partial charge in [-0.2, -0.15) is 39.5 Å². The number of hydrogen-bond acceptors (Lipinski definition) is 2. The van der Waals surface area contributed by atoms with E-state index in [0.717, 1.165) is 12.1 Å². The molecule has 0 unspecified atom stereocenters. The maximum Gasteiger partial charge on any atom is 0.416 e. The minimum Gasteiger partial charge on any atom is -0.354 e. The van der Waals surface area contributed by atoms with Crippen LogP contribution in [-0.2, 0) is 11.0 Å². The predicted molar refractivity (Wildman–Crippen MR) is 117 cm³/mol. The molecule has 0 bridgehead atoms. The summed E-state index contributed by atoms with van der Waals surface area (Å²) in [6, 6.07) is 12.9. The van der Waals surface area contributed by atoms with E-state index in [4.69, 9.17) is 0 Å². The van der Waals surface area contributed by atoms with Crippen LogP contribution in [0.3, 0.4) is 0 Å². The largest absolute Gasteiger partial charge is 0.416 e. The van der Waals surface area contributed by atoms with E-state index in [2.05, 4.69) is 24.0 Å². The number of aryl methyl sites for hydroxylation is 1. The number of rotatable bonds is 5. The second-order valence-corrected chi connectivity index (χ2v) is 8.14. The van der Waals surface area contributed by atoms with Gasteiger partial charge in [0.2, 0.25) is 11.8 Å². The first-order chi connectivity index (χ1) is 17.9. The standard InChI is InChI=1S/C18H11F11N2O.C7H8/c19-10-1-2-13(30-6-10)12(8-3-9(16(21,22)23)5-11(20)4-8)7-31-15(32)14(17(24,25)26)18(27,28)29;1-7-5-3-2-4-6-7/h1-6,12,14H,7H2,(H,31,32);2-6H,1H3/t12-;/m0./s1. The number of halogens is 11. The van der Waals surface area contributed by atoms with Crippen LogP contribution >= 0.6 is 0 Å². The van der Waals surface area contributed by atoms with Crippen LogP contribution in [0.25, 0.3) is 0 Å². The molecule has 1 aromatic heterocycles. The third-order valence-electron chi connectivity index (χ3n) is 5.09. The molecule has 3 aromatic rings. The number of aromatic nitrogens is 1. The topological polar surface area (TPSA) is 42.0 Å². The summed E-state index contributed by atoms with van der Waals surface area (Å²) >= 11 is 0. The third-order valence-corrected chi connectivity index (χ3v) is 5.09. The molecule has 3 nitrogen and oxygen atoms in total. The molecule has 14 heteroatoms. The van der Waals surface area contributed by atoms with E-state index in [1.54, 1.807) is 0 Å². The van der Waals surface area contributed by atoms with Gasteiger partial charge in [0.05, 0.1) is 11.8 Å². The van der Waals surface area contributed by atoms with Crippen molar-refractivity contribution in [3.63, 3.8) is 0 Å². The van der Waals surface area contributed by atoms with Crippen molar-refractivity contribution in [3.05, 3.63) is 101 Å². The van der Waals surface area contributed by atoms with E-state index in [9.17, 15) is 53.1 Å². The van der Waals surface area contributed by atoms with Gasteiger partial charge in [-0.15, -0.1) is 0 Å². The highest BCUT2D eigenvalue weighted by atomic mass is 19.4. The summed E-state index contributed by atoms with van der Waals surface area (Å²) in [5.74, 6) is -10.9. The Hall–Kier alpha value is -3.71. The summed E-state index contributed by atoms with van der Waals surface area (Å²) in [5.41, 5.74) is -1.11. The molecule has 0 radical (unpaired) electrons. The Morgan fingerprint density at radius 3 is 1.85 bits per heavy atom. The first-order valence-electron chi connectivity index (χ1n) is 10.8. The van der Waals surface area contributed by atoms with Crippen molar-refractivity contribution in [2.75, 3.05) is 6.54 Å². The fraction of sp³-hybridized carbons (Fsp3) is 0.280. The summed E-state index contributed by atoms with van der Waals surface area (Å²) in [4.78, 5) is 15.2. The fourth-order valence-electron chi connectivity index (χ4n) is 3.29. The summed E-state index contributed by atoms with van der Waals surface area (Å²) in [5, 5.41) is 1.37. The number of carbonyl (C=O) groups is 1. The highest BCUT2D eigenvalue weighted by molar-refractivity contribution is 5.80. The van der Waals surface area contributed by atoms with Gasteiger partial charge >= 0.3 is 18.5 Å². The number of nitrogens with one attached hydrogen (secondary N) is 1. The molecule has 0 aliphatic heterocycles. The number of pyridine rings is 1.